The van der Waals surface area contributed by atoms with E-state index in [0.717, 1.165) is 64.9 Å². The van der Waals surface area contributed by atoms with Gasteiger partial charge in [0.05, 0.1) is 28.2 Å². The predicted molar refractivity (Wildman–Crippen MR) is 199 cm³/mol. The van der Waals surface area contributed by atoms with Gasteiger partial charge in [0, 0.05) is 40.6 Å². The highest BCUT2D eigenvalue weighted by atomic mass is 16.4. The standard InChI is InChI=1S/C42H40N4O7/c47-37(43-21-34(26-6-2-1-3-7-26)39(49)45-29-14-27(40(50)51)13-28(15-29)41(52)53)32-16-31-30-8-4-5-9-35(30)46-36(31)17-33(32)38(48)44-22-42-18-23-10-24(19-42)12-25(11-23)20-42/h1-9,13-17,23-25,34,46H,10-12,18-22H2,(H,43,47)(H,44,48)(H,45,49)(H,50,51)(H,52,53). The van der Waals surface area contributed by atoms with Crippen molar-refractivity contribution >= 4 is 57.2 Å². The molecule has 6 N–H and O–H groups in total. The molecule has 1 unspecified atom stereocenters. The van der Waals surface area contributed by atoms with E-state index in [1.807, 2.05) is 24.3 Å². The molecule has 4 saturated carbocycles. The molecule has 0 radical (unpaired) electrons. The first-order valence-electron chi connectivity index (χ1n) is 18.1. The van der Waals surface area contributed by atoms with Crippen molar-refractivity contribution in [3.05, 3.63) is 113 Å². The molecule has 9 rings (SSSR count). The second-order valence-electron chi connectivity index (χ2n) is 15.3. The van der Waals surface area contributed by atoms with Crippen molar-refractivity contribution in [3.8, 4) is 0 Å². The third-order valence-electron chi connectivity index (χ3n) is 11.6. The van der Waals surface area contributed by atoms with Crippen LogP contribution in [0.4, 0.5) is 5.69 Å². The van der Waals surface area contributed by atoms with E-state index in [4.69, 9.17) is 0 Å². The molecule has 53 heavy (non-hydrogen) atoms. The number of carboxylic acids is 2. The van der Waals surface area contributed by atoms with Crippen molar-refractivity contribution in [3.63, 3.8) is 0 Å². The maximum Gasteiger partial charge on any atom is 0.335 e. The van der Waals surface area contributed by atoms with Crippen LogP contribution in [0.15, 0.2) is 84.9 Å². The lowest BCUT2D eigenvalue weighted by molar-refractivity contribution is -0.117. The Morgan fingerprint density at radius 1 is 0.679 bits per heavy atom. The van der Waals surface area contributed by atoms with Gasteiger partial charge >= 0.3 is 11.9 Å². The van der Waals surface area contributed by atoms with Gasteiger partial charge in [0.1, 0.15) is 0 Å². The third-order valence-corrected chi connectivity index (χ3v) is 11.6. The predicted octanol–water partition coefficient (Wildman–Crippen LogP) is 6.82. The smallest absolute Gasteiger partial charge is 0.335 e. The van der Waals surface area contributed by atoms with Gasteiger partial charge in [0.25, 0.3) is 11.8 Å². The summed E-state index contributed by atoms with van der Waals surface area (Å²) < 4.78 is 0. The lowest BCUT2D eigenvalue weighted by Crippen LogP contribution is -2.51. The highest BCUT2D eigenvalue weighted by Crippen LogP contribution is 2.59. The van der Waals surface area contributed by atoms with Gasteiger partial charge in [-0.05, 0) is 104 Å². The second kappa shape index (κ2) is 13.5. The first-order chi connectivity index (χ1) is 25.5. The summed E-state index contributed by atoms with van der Waals surface area (Å²) >= 11 is 0. The SMILES string of the molecule is O=C(O)c1cc(NC(=O)C(CNC(=O)c2cc3c(cc2C(=O)NCC24CC5CC(CC(C5)C2)C4)[nH]c2ccccc23)c2ccccc2)cc(C(=O)O)c1. The molecule has 0 saturated heterocycles. The van der Waals surface area contributed by atoms with E-state index < -0.39 is 29.7 Å². The Kier molecular flexibility index (Phi) is 8.72. The van der Waals surface area contributed by atoms with E-state index in [2.05, 4.69) is 20.9 Å². The first kappa shape index (κ1) is 34.1. The topological polar surface area (TPSA) is 178 Å². The van der Waals surface area contributed by atoms with Gasteiger partial charge in [0.15, 0.2) is 0 Å². The monoisotopic (exact) mass is 712 g/mol. The van der Waals surface area contributed by atoms with Crippen LogP contribution in [0.25, 0.3) is 21.8 Å². The largest absolute Gasteiger partial charge is 0.478 e. The number of benzene rings is 4. The number of carbonyl (C=O) groups is 5. The van der Waals surface area contributed by atoms with E-state index in [1.165, 1.54) is 31.4 Å². The van der Waals surface area contributed by atoms with Gasteiger partial charge in [0.2, 0.25) is 5.91 Å². The Morgan fingerprint density at radius 3 is 1.91 bits per heavy atom. The van der Waals surface area contributed by atoms with Crippen LogP contribution in [-0.4, -0.2) is 57.9 Å². The Labute approximate surface area is 305 Å². The number of aromatic amines is 1. The molecule has 3 amide bonds. The van der Waals surface area contributed by atoms with Crippen molar-refractivity contribution in [1.29, 1.82) is 0 Å². The van der Waals surface area contributed by atoms with E-state index in [9.17, 15) is 34.2 Å². The van der Waals surface area contributed by atoms with Gasteiger partial charge in [-0.1, -0.05) is 48.5 Å². The van der Waals surface area contributed by atoms with E-state index in [-0.39, 0.29) is 45.8 Å². The zero-order valence-electron chi connectivity index (χ0n) is 29.0. The molecular weight excluding hydrogens is 672 g/mol. The number of anilines is 1. The minimum absolute atomic E-state index is 0.0117. The number of hydrogen-bond acceptors (Lipinski definition) is 5. The van der Waals surface area contributed by atoms with Crippen molar-refractivity contribution in [2.75, 3.05) is 18.4 Å². The number of H-pyrrole nitrogens is 1. The molecule has 11 heteroatoms. The van der Waals surface area contributed by atoms with Crippen LogP contribution < -0.4 is 16.0 Å². The average molecular weight is 713 g/mol. The fourth-order valence-electron chi connectivity index (χ4n) is 9.66. The molecule has 1 heterocycles. The van der Waals surface area contributed by atoms with E-state index in [1.54, 1.807) is 42.5 Å². The quantitative estimate of drug-likeness (QED) is 0.0871. The summed E-state index contributed by atoms with van der Waals surface area (Å²) in [7, 11) is 0. The molecule has 11 nitrogen and oxygen atoms in total. The molecule has 5 aromatic rings. The van der Waals surface area contributed by atoms with Crippen LogP contribution in [0.3, 0.4) is 0 Å². The van der Waals surface area contributed by atoms with Crippen molar-refractivity contribution in [1.82, 2.24) is 15.6 Å². The van der Waals surface area contributed by atoms with Gasteiger partial charge in [-0.25, -0.2) is 9.59 Å². The molecule has 4 aliphatic carbocycles. The lowest BCUT2D eigenvalue weighted by Gasteiger charge is -2.56. The summed E-state index contributed by atoms with van der Waals surface area (Å²) in [6.45, 7) is 0.406. The number of carboxylic acid groups (broad SMARTS) is 2. The summed E-state index contributed by atoms with van der Waals surface area (Å²) in [5.41, 5.74) is 2.08. The van der Waals surface area contributed by atoms with Crippen molar-refractivity contribution in [2.24, 2.45) is 23.2 Å². The summed E-state index contributed by atoms with van der Waals surface area (Å²) in [6, 6.07) is 23.3. The minimum Gasteiger partial charge on any atom is -0.478 e. The van der Waals surface area contributed by atoms with Crippen LogP contribution in [0.2, 0.25) is 0 Å². The molecule has 4 bridgehead atoms. The Hall–Kier alpha value is -5.97. The summed E-state index contributed by atoms with van der Waals surface area (Å²) in [6.07, 6.45) is 7.30. The van der Waals surface area contributed by atoms with Gasteiger partial charge in [-0.15, -0.1) is 0 Å². The van der Waals surface area contributed by atoms with E-state index >= 15 is 0 Å². The molecular formula is C42H40N4O7. The maximum atomic E-state index is 14.2. The maximum absolute atomic E-state index is 14.2. The summed E-state index contributed by atoms with van der Waals surface area (Å²) in [4.78, 5) is 68.9. The zero-order valence-corrected chi connectivity index (χ0v) is 29.0. The van der Waals surface area contributed by atoms with Crippen LogP contribution in [0.5, 0.6) is 0 Å². The van der Waals surface area contributed by atoms with Crippen molar-refractivity contribution in [2.45, 2.75) is 44.4 Å². The molecule has 1 aromatic heterocycles. The number of rotatable bonds is 11. The van der Waals surface area contributed by atoms with Crippen LogP contribution >= 0.6 is 0 Å². The lowest BCUT2D eigenvalue weighted by atomic mass is 9.49. The summed E-state index contributed by atoms with van der Waals surface area (Å²) in [5.74, 6) is -2.89. The Balaban J connectivity index is 1.07. The van der Waals surface area contributed by atoms with Gasteiger partial charge in [-0.3, -0.25) is 14.4 Å². The summed E-state index contributed by atoms with van der Waals surface area (Å²) in [5, 5.41) is 29.5. The number of carbonyl (C=O) groups excluding carboxylic acids is 3. The molecule has 0 spiro atoms. The van der Waals surface area contributed by atoms with Gasteiger partial charge < -0.3 is 31.1 Å². The number of aromatic carboxylic acids is 2. The van der Waals surface area contributed by atoms with Crippen LogP contribution in [-0.2, 0) is 4.79 Å². The fraction of sp³-hybridized carbons (Fsp3) is 0.310. The molecule has 1 atom stereocenters. The molecule has 4 fully saturated rings. The van der Waals surface area contributed by atoms with Crippen LogP contribution in [0.1, 0.15) is 91.4 Å². The molecule has 4 aliphatic rings. The van der Waals surface area contributed by atoms with Crippen molar-refractivity contribution < 1.29 is 34.2 Å². The minimum atomic E-state index is -1.35. The Morgan fingerprint density at radius 2 is 1.26 bits per heavy atom. The highest BCUT2D eigenvalue weighted by Gasteiger charge is 2.50. The number of para-hydroxylation sites is 1. The fourth-order valence-corrected chi connectivity index (χ4v) is 9.66. The zero-order chi connectivity index (χ0) is 36.9. The number of amides is 3. The Bertz CT molecular complexity index is 2230. The molecule has 4 aromatic carbocycles. The molecule has 270 valence electrons. The van der Waals surface area contributed by atoms with Gasteiger partial charge in [-0.2, -0.15) is 0 Å². The number of hydrogen-bond donors (Lipinski definition) is 6. The second-order valence-corrected chi connectivity index (χ2v) is 15.3. The van der Waals surface area contributed by atoms with Crippen LogP contribution in [0, 0.1) is 23.2 Å². The number of nitrogens with one attached hydrogen (secondary N) is 4. The third kappa shape index (κ3) is 6.74. The average Bonchev–Trinajstić information content (AvgIpc) is 3.50. The first-order valence-corrected chi connectivity index (χ1v) is 18.1. The van der Waals surface area contributed by atoms with E-state index in [0.29, 0.717) is 12.1 Å². The normalized spacial score (nSPS) is 22.0. The molecule has 0 aliphatic heterocycles. The number of fused-ring (bicyclic) bond motifs is 3. The highest BCUT2D eigenvalue weighted by molar-refractivity contribution is 6.15. The number of aromatic nitrogens is 1.